The van der Waals surface area contributed by atoms with Crippen molar-refractivity contribution in [3.63, 3.8) is 0 Å². The van der Waals surface area contributed by atoms with Crippen molar-refractivity contribution in [2.75, 3.05) is 33.2 Å². The van der Waals surface area contributed by atoms with Gasteiger partial charge in [0, 0.05) is 30.5 Å². The molecule has 2 aromatic carbocycles. The Kier molecular flexibility index (Phi) is 5.71. The number of fused-ring (bicyclic) bond motifs is 1. The molecule has 0 bridgehead atoms. The van der Waals surface area contributed by atoms with Crippen molar-refractivity contribution in [3.05, 3.63) is 48.2 Å². The monoisotopic (exact) mass is 370 g/mol. The number of anilines is 1. The Morgan fingerprint density at radius 3 is 2.33 bits per heavy atom. The molecular formula is C20H22N2O5. The van der Waals surface area contributed by atoms with Gasteiger partial charge in [-0.25, -0.2) is 4.79 Å². The molecule has 0 radical (unpaired) electrons. The van der Waals surface area contributed by atoms with E-state index in [9.17, 15) is 4.79 Å². The molecule has 0 fully saturated rings. The molecule has 0 atom stereocenters. The van der Waals surface area contributed by atoms with Gasteiger partial charge in [0.1, 0.15) is 11.3 Å². The van der Waals surface area contributed by atoms with Crippen LogP contribution >= 0.6 is 0 Å². The molecule has 142 valence electrons. The second-order valence-corrected chi connectivity index (χ2v) is 5.80. The number of nitrogens with one attached hydrogen (secondary N) is 2. The molecule has 3 rings (SSSR count). The van der Waals surface area contributed by atoms with E-state index in [0.29, 0.717) is 35.9 Å². The van der Waals surface area contributed by atoms with E-state index < -0.39 is 0 Å². The molecule has 1 heterocycles. The van der Waals surface area contributed by atoms with E-state index in [0.717, 1.165) is 16.7 Å². The number of para-hydroxylation sites is 1. The number of benzene rings is 2. The van der Waals surface area contributed by atoms with Gasteiger partial charge in [-0.3, -0.25) is 0 Å². The summed E-state index contributed by atoms with van der Waals surface area (Å²) in [6.45, 7) is 0.441. The van der Waals surface area contributed by atoms with Crippen LogP contribution in [0.4, 0.5) is 10.5 Å². The van der Waals surface area contributed by atoms with Crippen LogP contribution in [0.5, 0.6) is 17.2 Å². The van der Waals surface area contributed by atoms with Crippen LogP contribution in [-0.4, -0.2) is 33.9 Å². The lowest BCUT2D eigenvalue weighted by molar-refractivity contribution is 0.252. The van der Waals surface area contributed by atoms with E-state index in [-0.39, 0.29) is 6.03 Å². The molecule has 2 amide bonds. The highest BCUT2D eigenvalue weighted by Crippen LogP contribution is 2.39. The predicted octanol–water partition coefficient (Wildman–Crippen LogP) is 3.82. The summed E-state index contributed by atoms with van der Waals surface area (Å²) < 4.78 is 21.6. The van der Waals surface area contributed by atoms with Gasteiger partial charge in [0.05, 0.1) is 27.0 Å². The lowest BCUT2D eigenvalue weighted by Gasteiger charge is -2.14. The van der Waals surface area contributed by atoms with Gasteiger partial charge in [0.25, 0.3) is 0 Å². The van der Waals surface area contributed by atoms with E-state index in [1.165, 1.54) is 21.3 Å². The standard InChI is InChI=1S/C20H22N2O5/c1-24-17-11-14(12-18(25-2)19(17)26-3)22-20(23)21-9-8-15-10-13-6-4-5-7-16(13)27-15/h4-7,10-12H,8-9H2,1-3H3,(H2,21,22,23). The lowest BCUT2D eigenvalue weighted by Crippen LogP contribution is -2.30. The number of ether oxygens (including phenoxy) is 3. The molecule has 0 aliphatic rings. The lowest BCUT2D eigenvalue weighted by atomic mass is 10.2. The van der Waals surface area contributed by atoms with Crippen molar-refractivity contribution in [1.82, 2.24) is 5.32 Å². The third-order valence-corrected chi connectivity index (χ3v) is 4.06. The maximum absolute atomic E-state index is 12.2. The Morgan fingerprint density at radius 2 is 1.70 bits per heavy atom. The van der Waals surface area contributed by atoms with Crippen LogP contribution in [0.25, 0.3) is 11.0 Å². The molecule has 7 heteroatoms. The normalized spacial score (nSPS) is 10.5. The highest BCUT2D eigenvalue weighted by atomic mass is 16.5. The largest absolute Gasteiger partial charge is 0.493 e. The molecule has 0 saturated carbocycles. The van der Waals surface area contributed by atoms with Crippen molar-refractivity contribution in [2.45, 2.75) is 6.42 Å². The van der Waals surface area contributed by atoms with Crippen LogP contribution < -0.4 is 24.8 Å². The Hall–Kier alpha value is -3.35. The maximum atomic E-state index is 12.2. The van der Waals surface area contributed by atoms with Gasteiger partial charge in [-0.15, -0.1) is 0 Å². The first-order valence-corrected chi connectivity index (χ1v) is 8.47. The van der Waals surface area contributed by atoms with E-state index in [1.54, 1.807) is 12.1 Å². The van der Waals surface area contributed by atoms with Crippen molar-refractivity contribution >= 4 is 22.7 Å². The van der Waals surface area contributed by atoms with Crippen LogP contribution in [0.2, 0.25) is 0 Å². The molecule has 3 aromatic rings. The Balaban J connectivity index is 1.58. The van der Waals surface area contributed by atoms with Gasteiger partial charge in [0.2, 0.25) is 5.75 Å². The van der Waals surface area contributed by atoms with Gasteiger partial charge in [-0.1, -0.05) is 18.2 Å². The molecule has 0 aliphatic heterocycles. The number of carbonyl (C=O) groups is 1. The first-order valence-electron chi connectivity index (χ1n) is 8.47. The number of urea groups is 1. The summed E-state index contributed by atoms with van der Waals surface area (Å²) in [6, 6.07) is 12.8. The third-order valence-electron chi connectivity index (χ3n) is 4.06. The summed E-state index contributed by atoms with van der Waals surface area (Å²) in [5.74, 6) is 2.23. The summed E-state index contributed by atoms with van der Waals surface area (Å²) in [7, 11) is 4.57. The molecule has 1 aromatic heterocycles. The smallest absolute Gasteiger partial charge is 0.319 e. The number of hydrogen-bond donors (Lipinski definition) is 2. The van der Waals surface area contributed by atoms with Crippen LogP contribution in [-0.2, 0) is 6.42 Å². The third kappa shape index (κ3) is 4.25. The highest BCUT2D eigenvalue weighted by molar-refractivity contribution is 5.90. The quantitative estimate of drug-likeness (QED) is 0.661. The van der Waals surface area contributed by atoms with Gasteiger partial charge < -0.3 is 29.3 Å². The van der Waals surface area contributed by atoms with E-state index >= 15 is 0 Å². The summed E-state index contributed by atoms with van der Waals surface area (Å²) >= 11 is 0. The molecule has 0 spiro atoms. The second kappa shape index (κ2) is 8.35. The minimum Gasteiger partial charge on any atom is -0.493 e. The molecule has 0 unspecified atom stereocenters. The molecule has 0 aliphatic carbocycles. The molecule has 27 heavy (non-hydrogen) atoms. The second-order valence-electron chi connectivity index (χ2n) is 5.80. The summed E-state index contributed by atoms with van der Waals surface area (Å²) in [5, 5.41) is 6.61. The highest BCUT2D eigenvalue weighted by Gasteiger charge is 2.14. The average molecular weight is 370 g/mol. The molecular weight excluding hydrogens is 348 g/mol. The van der Waals surface area contributed by atoms with Gasteiger partial charge in [-0.05, 0) is 12.1 Å². The number of amides is 2. The topological polar surface area (TPSA) is 82.0 Å². The minimum absolute atomic E-state index is 0.333. The van der Waals surface area contributed by atoms with Crippen molar-refractivity contribution in [3.8, 4) is 17.2 Å². The van der Waals surface area contributed by atoms with Gasteiger partial charge in [0.15, 0.2) is 11.5 Å². The fourth-order valence-corrected chi connectivity index (χ4v) is 2.79. The van der Waals surface area contributed by atoms with E-state index in [2.05, 4.69) is 10.6 Å². The Bertz CT molecular complexity index is 877. The number of carbonyl (C=O) groups excluding carboxylic acids is 1. The SMILES string of the molecule is COc1cc(NC(=O)NCCc2cc3ccccc3o2)cc(OC)c1OC. The number of methoxy groups -OCH3 is 3. The first kappa shape index (κ1) is 18.4. The minimum atomic E-state index is -0.333. The van der Waals surface area contributed by atoms with Crippen molar-refractivity contribution < 1.29 is 23.4 Å². The van der Waals surface area contributed by atoms with Gasteiger partial charge >= 0.3 is 6.03 Å². The fourth-order valence-electron chi connectivity index (χ4n) is 2.79. The van der Waals surface area contributed by atoms with Crippen LogP contribution in [0.15, 0.2) is 46.9 Å². The molecule has 0 saturated heterocycles. The van der Waals surface area contributed by atoms with Crippen molar-refractivity contribution in [2.24, 2.45) is 0 Å². The summed E-state index contributed by atoms with van der Waals surface area (Å²) in [4.78, 5) is 12.2. The van der Waals surface area contributed by atoms with Crippen LogP contribution in [0.1, 0.15) is 5.76 Å². The first-order chi connectivity index (χ1) is 13.1. The predicted molar refractivity (Wildman–Crippen MR) is 103 cm³/mol. The van der Waals surface area contributed by atoms with Crippen LogP contribution in [0.3, 0.4) is 0 Å². The fraction of sp³-hybridized carbons (Fsp3) is 0.250. The zero-order valence-corrected chi connectivity index (χ0v) is 15.5. The number of hydrogen-bond acceptors (Lipinski definition) is 5. The number of furan rings is 1. The maximum Gasteiger partial charge on any atom is 0.319 e. The van der Waals surface area contributed by atoms with Gasteiger partial charge in [-0.2, -0.15) is 0 Å². The zero-order valence-electron chi connectivity index (χ0n) is 15.5. The van der Waals surface area contributed by atoms with E-state index in [1.807, 2.05) is 30.3 Å². The number of rotatable bonds is 7. The summed E-state index contributed by atoms with van der Waals surface area (Å²) in [6.07, 6.45) is 0.595. The Labute approximate surface area is 157 Å². The molecule has 2 N–H and O–H groups in total. The van der Waals surface area contributed by atoms with Crippen LogP contribution in [0, 0.1) is 0 Å². The summed E-state index contributed by atoms with van der Waals surface area (Å²) in [5.41, 5.74) is 1.38. The average Bonchev–Trinajstić information content (AvgIpc) is 3.09. The van der Waals surface area contributed by atoms with Crippen molar-refractivity contribution in [1.29, 1.82) is 0 Å². The zero-order chi connectivity index (χ0) is 19.2. The molecule has 7 nitrogen and oxygen atoms in total. The van der Waals surface area contributed by atoms with E-state index in [4.69, 9.17) is 18.6 Å². The Morgan fingerprint density at radius 1 is 1.00 bits per heavy atom.